The average molecular weight is 238 g/mol. The number of hydrogen-bond donors (Lipinski definition) is 1. The molecular formula is C12H18N2O3. The van der Waals surface area contributed by atoms with Gasteiger partial charge >= 0.3 is 0 Å². The molecular weight excluding hydrogens is 220 g/mol. The number of carbonyl (C=O) groups excluding carboxylic acids is 1. The number of hydrogen-bond acceptors (Lipinski definition) is 4. The molecule has 5 heteroatoms. The van der Waals surface area contributed by atoms with Crippen LogP contribution < -0.4 is 10.1 Å². The molecule has 0 saturated carbocycles. The van der Waals surface area contributed by atoms with Crippen molar-refractivity contribution in [2.45, 2.75) is 19.9 Å². The molecule has 0 aliphatic heterocycles. The highest BCUT2D eigenvalue weighted by Crippen LogP contribution is 2.14. The third-order valence-corrected chi connectivity index (χ3v) is 2.09. The van der Waals surface area contributed by atoms with Crippen LogP contribution in [-0.2, 0) is 4.74 Å². The molecule has 1 rings (SSSR count). The van der Waals surface area contributed by atoms with Gasteiger partial charge in [-0.25, -0.2) is 4.98 Å². The second kappa shape index (κ2) is 6.85. The van der Waals surface area contributed by atoms with Crippen LogP contribution in [-0.4, -0.2) is 37.3 Å². The first-order chi connectivity index (χ1) is 8.19. The second-order valence-corrected chi connectivity index (χ2v) is 3.62. The van der Waals surface area contributed by atoms with Gasteiger partial charge < -0.3 is 14.8 Å². The number of nitrogens with one attached hydrogen (secondary N) is 1. The van der Waals surface area contributed by atoms with Crippen molar-refractivity contribution >= 4 is 5.91 Å². The quantitative estimate of drug-likeness (QED) is 0.810. The van der Waals surface area contributed by atoms with E-state index in [-0.39, 0.29) is 11.9 Å². The monoisotopic (exact) mass is 238 g/mol. The number of rotatable bonds is 6. The van der Waals surface area contributed by atoms with E-state index < -0.39 is 0 Å². The van der Waals surface area contributed by atoms with Gasteiger partial charge in [0.15, 0.2) is 0 Å². The van der Waals surface area contributed by atoms with Gasteiger partial charge in [0.1, 0.15) is 5.56 Å². The Balaban J connectivity index is 2.74. The lowest BCUT2D eigenvalue weighted by Gasteiger charge is -2.14. The van der Waals surface area contributed by atoms with Crippen LogP contribution in [0.1, 0.15) is 24.2 Å². The van der Waals surface area contributed by atoms with Gasteiger partial charge in [-0.15, -0.1) is 0 Å². The van der Waals surface area contributed by atoms with Crippen LogP contribution in [0.3, 0.4) is 0 Å². The number of aromatic nitrogens is 1. The number of carbonyl (C=O) groups is 1. The molecule has 0 aliphatic carbocycles. The van der Waals surface area contributed by atoms with Crippen molar-refractivity contribution in [2.24, 2.45) is 0 Å². The van der Waals surface area contributed by atoms with Gasteiger partial charge in [-0.2, -0.15) is 0 Å². The summed E-state index contributed by atoms with van der Waals surface area (Å²) in [5.74, 6) is 0.156. The Bertz CT molecular complexity index is 369. The minimum Gasteiger partial charge on any atom is -0.477 e. The minimum absolute atomic E-state index is 0.0535. The summed E-state index contributed by atoms with van der Waals surface area (Å²) in [6.07, 6.45) is 1.60. The van der Waals surface area contributed by atoms with Gasteiger partial charge in [-0.3, -0.25) is 4.79 Å². The Hall–Kier alpha value is -1.62. The van der Waals surface area contributed by atoms with E-state index >= 15 is 0 Å². The lowest BCUT2D eigenvalue weighted by molar-refractivity contribution is 0.0901. The Labute approximate surface area is 101 Å². The highest BCUT2D eigenvalue weighted by atomic mass is 16.5. The summed E-state index contributed by atoms with van der Waals surface area (Å²) in [7, 11) is 1.60. The van der Waals surface area contributed by atoms with Crippen molar-refractivity contribution in [2.75, 3.05) is 20.3 Å². The van der Waals surface area contributed by atoms with E-state index in [2.05, 4.69) is 10.3 Å². The molecule has 1 unspecified atom stereocenters. The number of nitrogens with zero attached hydrogens (tertiary/aromatic N) is 1. The number of amides is 1. The fourth-order valence-corrected chi connectivity index (χ4v) is 1.41. The largest absolute Gasteiger partial charge is 0.477 e. The van der Waals surface area contributed by atoms with Gasteiger partial charge in [-0.1, -0.05) is 0 Å². The molecule has 5 nitrogen and oxygen atoms in total. The normalized spacial score (nSPS) is 11.9. The smallest absolute Gasteiger partial charge is 0.257 e. The van der Waals surface area contributed by atoms with Gasteiger partial charge in [0, 0.05) is 19.3 Å². The van der Waals surface area contributed by atoms with E-state index in [1.165, 1.54) is 0 Å². The highest BCUT2D eigenvalue weighted by Gasteiger charge is 2.15. The van der Waals surface area contributed by atoms with Crippen molar-refractivity contribution in [1.82, 2.24) is 10.3 Å². The van der Waals surface area contributed by atoms with Crippen molar-refractivity contribution in [3.8, 4) is 5.88 Å². The highest BCUT2D eigenvalue weighted by molar-refractivity contribution is 5.96. The molecule has 1 aromatic heterocycles. The van der Waals surface area contributed by atoms with Crippen LogP contribution in [0.5, 0.6) is 5.88 Å². The summed E-state index contributed by atoms with van der Waals surface area (Å²) in [5, 5.41) is 2.81. The first kappa shape index (κ1) is 13.4. The van der Waals surface area contributed by atoms with Gasteiger partial charge in [-0.05, 0) is 26.0 Å². The number of pyridine rings is 1. The fourth-order valence-electron chi connectivity index (χ4n) is 1.41. The molecule has 1 N–H and O–H groups in total. The SMILES string of the molecule is CCOc1ncccc1C(=O)NC(C)COC. The Morgan fingerprint density at radius 3 is 3.00 bits per heavy atom. The maximum atomic E-state index is 11.9. The molecule has 0 aliphatic rings. The fraction of sp³-hybridized carbons (Fsp3) is 0.500. The maximum Gasteiger partial charge on any atom is 0.257 e. The summed E-state index contributed by atoms with van der Waals surface area (Å²) in [5.41, 5.74) is 0.442. The maximum absolute atomic E-state index is 11.9. The molecule has 0 aromatic carbocycles. The lowest BCUT2D eigenvalue weighted by atomic mass is 10.2. The standard InChI is InChI=1S/C12H18N2O3/c1-4-17-12-10(6-5-7-13-12)11(15)14-9(2)8-16-3/h5-7,9H,4,8H2,1-3H3,(H,14,15). The molecule has 17 heavy (non-hydrogen) atoms. The summed E-state index contributed by atoms with van der Waals surface area (Å²) < 4.78 is 10.3. The second-order valence-electron chi connectivity index (χ2n) is 3.62. The zero-order chi connectivity index (χ0) is 12.7. The van der Waals surface area contributed by atoms with E-state index in [0.717, 1.165) is 0 Å². The first-order valence-electron chi connectivity index (χ1n) is 5.56. The summed E-state index contributed by atoms with van der Waals surface area (Å²) in [4.78, 5) is 16.0. The summed E-state index contributed by atoms with van der Waals surface area (Å²) >= 11 is 0. The topological polar surface area (TPSA) is 60.5 Å². The molecule has 94 valence electrons. The van der Waals surface area contributed by atoms with Crippen molar-refractivity contribution < 1.29 is 14.3 Å². The zero-order valence-electron chi connectivity index (χ0n) is 10.4. The van der Waals surface area contributed by atoms with Crippen LogP contribution >= 0.6 is 0 Å². The number of methoxy groups -OCH3 is 1. The first-order valence-corrected chi connectivity index (χ1v) is 5.56. The van der Waals surface area contributed by atoms with E-state index in [4.69, 9.17) is 9.47 Å². The van der Waals surface area contributed by atoms with E-state index in [1.54, 1.807) is 25.4 Å². The molecule has 0 fully saturated rings. The average Bonchev–Trinajstić information content (AvgIpc) is 2.30. The molecule has 1 heterocycles. The Kier molecular flexibility index (Phi) is 5.42. The molecule has 0 spiro atoms. The van der Waals surface area contributed by atoms with Crippen molar-refractivity contribution in [3.05, 3.63) is 23.9 Å². The molecule has 1 aromatic rings. The lowest BCUT2D eigenvalue weighted by Crippen LogP contribution is -2.35. The van der Waals surface area contributed by atoms with Crippen molar-refractivity contribution in [3.63, 3.8) is 0 Å². The predicted octanol–water partition coefficient (Wildman–Crippen LogP) is 1.24. The van der Waals surface area contributed by atoms with Crippen LogP contribution in [0.2, 0.25) is 0 Å². The van der Waals surface area contributed by atoms with E-state index in [0.29, 0.717) is 24.7 Å². The van der Waals surface area contributed by atoms with Gasteiger partial charge in [0.05, 0.1) is 13.2 Å². The Morgan fingerprint density at radius 2 is 2.35 bits per heavy atom. The minimum atomic E-state index is -0.203. The molecule has 1 amide bonds. The van der Waals surface area contributed by atoms with Crippen LogP contribution in [0, 0.1) is 0 Å². The van der Waals surface area contributed by atoms with E-state index in [9.17, 15) is 4.79 Å². The summed E-state index contributed by atoms with van der Waals surface area (Å²) in [6.45, 7) is 4.67. The third-order valence-electron chi connectivity index (χ3n) is 2.09. The molecule has 1 atom stereocenters. The zero-order valence-corrected chi connectivity index (χ0v) is 10.4. The van der Waals surface area contributed by atoms with Gasteiger partial charge in [0.25, 0.3) is 5.91 Å². The van der Waals surface area contributed by atoms with Crippen molar-refractivity contribution in [1.29, 1.82) is 0 Å². The third kappa shape index (κ3) is 4.03. The molecule has 0 saturated heterocycles. The number of ether oxygens (including phenoxy) is 2. The van der Waals surface area contributed by atoms with Crippen LogP contribution in [0.4, 0.5) is 0 Å². The Morgan fingerprint density at radius 1 is 1.59 bits per heavy atom. The predicted molar refractivity (Wildman–Crippen MR) is 64.2 cm³/mol. The van der Waals surface area contributed by atoms with Crippen LogP contribution in [0.15, 0.2) is 18.3 Å². The van der Waals surface area contributed by atoms with Gasteiger partial charge in [0.2, 0.25) is 5.88 Å². The molecule has 0 radical (unpaired) electrons. The summed E-state index contributed by atoms with van der Waals surface area (Å²) in [6, 6.07) is 3.34. The van der Waals surface area contributed by atoms with E-state index in [1.807, 2.05) is 13.8 Å². The van der Waals surface area contributed by atoms with Crippen LogP contribution in [0.25, 0.3) is 0 Å². The molecule has 0 bridgehead atoms.